The highest BCUT2D eigenvalue weighted by atomic mass is 16.3. The summed E-state index contributed by atoms with van der Waals surface area (Å²) in [5.74, 6) is 0.176. The van der Waals surface area contributed by atoms with Gasteiger partial charge >= 0.3 is 1.43 Å². The van der Waals surface area contributed by atoms with Gasteiger partial charge in [0.05, 0.1) is 6.10 Å². The lowest BCUT2D eigenvalue weighted by atomic mass is 10.1. The van der Waals surface area contributed by atoms with Crippen LogP contribution in [0.25, 0.3) is 0 Å². The Morgan fingerprint density at radius 2 is 2.25 bits per heavy atom. The molecule has 0 aromatic heterocycles. The number of aliphatic hydroxyl groups excluding tert-OH is 2. The highest BCUT2D eigenvalue weighted by Crippen LogP contribution is 2.24. The van der Waals surface area contributed by atoms with Crippen molar-refractivity contribution in [3.63, 3.8) is 0 Å². The van der Waals surface area contributed by atoms with Gasteiger partial charge in [-0.15, -0.1) is 0 Å². The van der Waals surface area contributed by atoms with Gasteiger partial charge in [0.15, 0.2) is 0 Å². The fraction of sp³-hybridized carbons (Fsp3) is 1.00. The molecule has 1 rings (SSSR count). The molecule has 0 bridgehead atoms. The monoisotopic (exact) mass is 117 g/mol. The molecule has 2 atom stereocenters. The summed E-state index contributed by atoms with van der Waals surface area (Å²) in [6, 6.07) is 0. The van der Waals surface area contributed by atoms with Crippen molar-refractivity contribution >= 4 is 0 Å². The molecule has 2 N–H and O–H groups in total. The standard InChI is InChI=1S/C6H12O2/c7-4-5-2-1-3-6(5)8/h5-8H,1-4H2/p+1. The average molecular weight is 117 g/mol. The summed E-state index contributed by atoms with van der Waals surface area (Å²) in [6.07, 6.45) is 2.73. The molecule has 48 valence electrons. The molecule has 1 aliphatic rings. The molecule has 0 saturated heterocycles. The van der Waals surface area contributed by atoms with Crippen LogP contribution >= 0.6 is 0 Å². The second kappa shape index (κ2) is 2.46. The maximum Gasteiger partial charge on any atom is 1.00 e. The van der Waals surface area contributed by atoms with Crippen LogP contribution in [0.5, 0.6) is 0 Å². The maximum atomic E-state index is 9.03. The van der Waals surface area contributed by atoms with Crippen molar-refractivity contribution < 1.29 is 11.6 Å². The third-order valence-electron chi connectivity index (χ3n) is 1.85. The quantitative estimate of drug-likeness (QED) is 0.517. The molecule has 1 saturated carbocycles. The predicted molar refractivity (Wildman–Crippen MR) is 31.5 cm³/mol. The molecule has 0 aromatic rings. The number of hydrogen-bond donors (Lipinski definition) is 2. The SMILES string of the molecule is OCC1CCCC1O.[H+]. The largest absolute Gasteiger partial charge is 1.00 e. The molecule has 0 heterocycles. The molecule has 0 aliphatic heterocycles. The van der Waals surface area contributed by atoms with Crippen LogP contribution in [0.3, 0.4) is 0 Å². The lowest BCUT2D eigenvalue weighted by Gasteiger charge is -2.08. The number of rotatable bonds is 1. The third-order valence-corrected chi connectivity index (χ3v) is 1.85. The predicted octanol–water partition coefficient (Wildman–Crippen LogP) is 0.252. The molecular formula is C6H13O2+. The van der Waals surface area contributed by atoms with Gasteiger partial charge in [0.25, 0.3) is 0 Å². The van der Waals surface area contributed by atoms with E-state index in [2.05, 4.69) is 0 Å². The van der Waals surface area contributed by atoms with Crippen LogP contribution in [-0.4, -0.2) is 22.9 Å². The molecular weight excluding hydrogens is 104 g/mol. The summed E-state index contributed by atoms with van der Waals surface area (Å²) in [7, 11) is 0. The first-order valence-corrected chi connectivity index (χ1v) is 3.13. The first-order chi connectivity index (χ1) is 3.84. The van der Waals surface area contributed by atoms with Crippen LogP contribution in [0, 0.1) is 5.92 Å². The Hall–Kier alpha value is -0.0800. The Balaban J connectivity index is 0.000000640. The first kappa shape index (κ1) is 6.05. The van der Waals surface area contributed by atoms with Crippen LogP contribution < -0.4 is 0 Å². The molecule has 2 heteroatoms. The van der Waals surface area contributed by atoms with Crippen molar-refractivity contribution in [2.24, 2.45) is 5.92 Å². The van der Waals surface area contributed by atoms with E-state index in [1.165, 1.54) is 0 Å². The summed E-state index contributed by atoms with van der Waals surface area (Å²) in [4.78, 5) is 0. The van der Waals surface area contributed by atoms with E-state index in [0.717, 1.165) is 19.3 Å². The Kier molecular flexibility index (Phi) is 1.86. The van der Waals surface area contributed by atoms with Crippen LogP contribution in [-0.2, 0) is 0 Å². The molecule has 2 unspecified atom stereocenters. The Labute approximate surface area is 50.6 Å². The highest BCUT2D eigenvalue weighted by molar-refractivity contribution is 4.74. The van der Waals surface area contributed by atoms with E-state index >= 15 is 0 Å². The van der Waals surface area contributed by atoms with E-state index in [1.807, 2.05) is 0 Å². The number of hydrogen-bond acceptors (Lipinski definition) is 2. The Morgan fingerprint density at radius 1 is 1.50 bits per heavy atom. The van der Waals surface area contributed by atoms with Crippen LogP contribution in [0.2, 0.25) is 0 Å². The van der Waals surface area contributed by atoms with E-state index in [4.69, 9.17) is 10.2 Å². The fourth-order valence-corrected chi connectivity index (χ4v) is 1.23. The smallest absolute Gasteiger partial charge is 0.396 e. The van der Waals surface area contributed by atoms with Gasteiger partial charge in [-0.3, -0.25) is 0 Å². The van der Waals surface area contributed by atoms with Crippen LogP contribution in [0.1, 0.15) is 20.7 Å². The Bertz CT molecular complexity index is 77.5. The van der Waals surface area contributed by atoms with Gasteiger partial charge in [-0.05, 0) is 12.8 Å². The topological polar surface area (TPSA) is 40.5 Å². The minimum absolute atomic E-state index is 0. The molecule has 0 spiro atoms. The van der Waals surface area contributed by atoms with E-state index in [-0.39, 0.29) is 20.1 Å². The van der Waals surface area contributed by atoms with Gasteiger partial charge in [-0.25, -0.2) is 0 Å². The molecule has 8 heavy (non-hydrogen) atoms. The van der Waals surface area contributed by atoms with Crippen molar-refractivity contribution in [1.82, 2.24) is 0 Å². The second-order valence-electron chi connectivity index (χ2n) is 2.44. The summed E-state index contributed by atoms with van der Waals surface area (Å²) in [5, 5.41) is 17.6. The van der Waals surface area contributed by atoms with Crippen LogP contribution in [0.4, 0.5) is 0 Å². The van der Waals surface area contributed by atoms with Gasteiger partial charge < -0.3 is 10.2 Å². The van der Waals surface area contributed by atoms with E-state index in [0.29, 0.717) is 0 Å². The van der Waals surface area contributed by atoms with Crippen molar-refractivity contribution in [3.05, 3.63) is 0 Å². The van der Waals surface area contributed by atoms with E-state index < -0.39 is 0 Å². The van der Waals surface area contributed by atoms with Crippen LogP contribution in [0.15, 0.2) is 0 Å². The average Bonchev–Trinajstić information content (AvgIpc) is 2.14. The van der Waals surface area contributed by atoms with Crippen molar-refractivity contribution in [2.45, 2.75) is 25.4 Å². The van der Waals surface area contributed by atoms with Gasteiger partial charge in [-0.2, -0.15) is 0 Å². The third kappa shape index (κ3) is 1.01. The zero-order chi connectivity index (χ0) is 5.98. The summed E-state index contributed by atoms with van der Waals surface area (Å²) in [5.41, 5.74) is 0. The Morgan fingerprint density at radius 3 is 2.50 bits per heavy atom. The van der Waals surface area contributed by atoms with Crippen molar-refractivity contribution in [3.8, 4) is 0 Å². The minimum atomic E-state index is -0.222. The van der Waals surface area contributed by atoms with E-state index in [1.54, 1.807) is 0 Å². The van der Waals surface area contributed by atoms with Gasteiger partial charge in [0, 0.05) is 12.5 Å². The summed E-state index contributed by atoms with van der Waals surface area (Å²) < 4.78 is 0. The van der Waals surface area contributed by atoms with Gasteiger partial charge in [0.2, 0.25) is 0 Å². The molecule has 1 fully saturated rings. The lowest BCUT2D eigenvalue weighted by molar-refractivity contribution is 0.0909. The van der Waals surface area contributed by atoms with Crippen molar-refractivity contribution in [2.75, 3.05) is 6.61 Å². The number of aliphatic hydroxyl groups is 2. The normalized spacial score (nSPS) is 38.2. The molecule has 0 aromatic carbocycles. The minimum Gasteiger partial charge on any atom is -0.396 e. The molecule has 0 amide bonds. The first-order valence-electron chi connectivity index (χ1n) is 3.13. The second-order valence-corrected chi connectivity index (χ2v) is 2.44. The molecule has 2 nitrogen and oxygen atoms in total. The highest BCUT2D eigenvalue weighted by Gasteiger charge is 2.23. The van der Waals surface area contributed by atoms with Crippen molar-refractivity contribution in [1.29, 1.82) is 0 Å². The van der Waals surface area contributed by atoms with Gasteiger partial charge in [-0.1, -0.05) is 6.42 Å². The van der Waals surface area contributed by atoms with E-state index in [9.17, 15) is 0 Å². The summed E-state index contributed by atoms with van der Waals surface area (Å²) in [6.45, 7) is 0.154. The molecule has 1 aliphatic carbocycles. The fourth-order valence-electron chi connectivity index (χ4n) is 1.23. The molecule has 0 radical (unpaired) electrons. The maximum absolute atomic E-state index is 9.03. The zero-order valence-corrected chi connectivity index (χ0v) is 4.88. The van der Waals surface area contributed by atoms with Gasteiger partial charge in [0.1, 0.15) is 0 Å². The summed E-state index contributed by atoms with van der Waals surface area (Å²) >= 11 is 0. The zero-order valence-electron chi connectivity index (χ0n) is 5.88. The lowest BCUT2D eigenvalue weighted by Crippen LogP contribution is -2.16.